The SMILES string of the molecule is CCCCCC1=C(c2ccc(CCCC)cc2)[N+](=[N-])C(c2ccc(CC)cc2)=C1CCCC. The number of benzene rings is 2. The Bertz CT molecular complexity index is 975. The Morgan fingerprint density at radius 1 is 0.545 bits per heavy atom. The summed E-state index contributed by atoms with van der Waals surface area (Å²) in [6, 6.07) is 17.7. The third kappa shape index (κ3) is 6.10. The summed E-state index contributed by atoms with van der Waals surface area (Å²) in [6.45, 7) is 8.93. The number of unbranched alkanes of at least 4 members (excludes halogenated alkanes) is 4. The number of allylic oxidation sites excluding steroid dienone is 2. The molecule has 0 bridgehead atoms. The highest BCUT2D eigenvalue weighted by molar-refractivity contribution is 5.82. The molecule has 2 aromatic rings. The largest absolute Gasteiger partial charge is 0.493 e. The lowest BCUT2D eigenvalue weighted by Crippen LogP contribution is -2.03. The standard InChI is InChI=1S/C31H42N2/c1-5-9-12-15-29-28(14-11-7-3)30(26-20-16-24(8-4)17-21-26)33(32)31(29)27-22-18-25(19-23-27)13-10-6-2/h16-23H,5-15H2,1-4H3. The van der Waals surface area contributed by atoms with Crippen molar-refractivity contribution in [1.82, 2.24) is 0 Å². The highest BCUT2D eigenvalue weighted by atomic mass is 15.2. The maximum absolute atomic E-state index is 11.6. The fraction of sp³-hybridized carbons (Fsp3) is 0.484. The van der Waals surface area contributed by atoms with Gasteiger partial charge in [-0.15, -0.1) is 0 Å². The smallest absolute Gasteiger partial charge is 0.211 e. The average molecular weight is 443 g/mol. The molecule has 0 spiro atoms. The van der Waals surface area contributed by atoms with E-state index in [1.54, 1.807) is 0 Å². The second-order valence-electron chi connectivity index (χ2n) is 9.38. The minimum Gasteiger partial charge on any atom is -0.493 e. The monoisotopic (exact) mass is 442 g/mol. The average Bonchev–Trinajstić information content (AvgIpc) is 3.12. The van der Waals surface area contributed by atoms with Crippen molar-refractivity contribution < 1.29 is 4.70 Å². The molecule has 1 aliphatic heterocycles. The Balaban J connectivity index is 2.06. The summed E-state index contributed by atoms with van der Waals surface area (Å²) in [6.07, 6.45) is 12.5. The highest BCUT2D eigenvalue weighted by Crippen LogP contribution is 2.44. The molecule has 2 nitrogen and oxygen atoms in total. The first-order valence-electron chi connectivity index (χ1n) is 13.3. The molecule has 0 atom stereocenters. The molecular formula is C31H42N2. The van der Waals surface area contributed by atoms with E-state index in [4.69, 9.17) is 0 Å². The molecule has 33 heavy (non-hydrogen) atoms. The molecule has 3 rings (SSSR count). The van der Waals surface area contributed by atoms with E-state index >= 15 is 0 Å². The molecular weight excluding hydrogens is 400 g/mol. The quantitative estimate of drug-likeness (QED) is 0.218. The van der Waals surface area contributed by atoms with Gasteiger partial charge < -0.3 is 5.53 Å². The normalized spacial score (nSPS) is 14.0. The van der Waals surface area contributed by atoms with E-state index in [0.717, 1.165) is 67.5 Å². The molecule has 1 heterocycles. The minimum absolute atomic E-state index is 0.989. The Labute approximate surface area is 201 Å². The molecule has 0 N–H and O–H groups in total. The van der Waals surface area contributed by atoms with E-state index in [1.165, 1.54) is 52.7 Å². The lowest BCUT2D eigenvalue weighted by atomic mass is 9.91. The first kappa shape index (κ1) is 25.1. The Morgan fingerprint density at radius 3 is 1.48 bits per heavy atom. The van der Waals surface area contributed by atoms with Crippen molar-refractivity contribution in [3.63, 3.8) is 0 Å². The summed E-state index contributed by atoms with van der Waals surface area (Å²) in [4.78, 5) is 0. The van der Waals surface area contributed by atoms with Gasteiger partial charge in [-0.2, -0.15) is 0 Å². The molecule has 0 amide bonds. The predicted molar refractivity (Wildman–Crippen MR) is 142 cm³/mol. The predicted octanol–water partition coefficient (Wildman–Crippen LogP) is 9.53. The first-order valence-corrected chi connectivity index (χ1v) is 13.3. The molecule has 176 valence electrons. The molecule has 2 aromatic carbocycles. The van der Waals surface area contributed by atoms with E-state index in [0.29, 0.717) is 0 Å². The van der Waals surface area contributed by atoms with Crippen LogP contribution in [0.25, 0.3) is 16.9 Å². The van der Waals surface area contributed by atoms with Gasteiger partial charge in [-0.05, 0) is 80.3 Å². The first-order chi connectivity index (χ1) is 16.1. The van der Waals surface area contributed by atoms with Gasteiger partial charge in [0.15, 0.2) is 0 Å². The second kappa shape index (κ2) is 12.7. The third-order valence-corrected chi connectivity index (χ3v) is 6.85. The van der Waals surface area contributed by atoms with Crippen LogP contribution >= 0.6 is 0 Å². The van der Waals surface area contributed by atoms with Gasteiger partial charge in [0, 0.05) is 22.3 Å². The molecule has 1 aliphatic rings. The molecule has 0 saturated heterocycles. The Kier molecular flexibility index (Phi) is 9.66. The van der Waals surface area contributed by atoms with Crippen LogP contribution in [0.3, 0.4) is 0 Å². The summed E-state index contributed by atoms with van der Waals surface area (Å²) in [5.74, 6) is 0. The van der Waals surface area contributed by atoms with Crippen molar-refractivity contribution in [3.8, 4) is 0 Å². The van der Waals surface area contributed by atoms with Crippen LogP contribution in [0.4, 0.5) is 0 Å². The van der Waals surface area contributed by atoms with E-state index in [2.05, 4.69) is 76.2 Å². The van der Waals surface area contributed by atoms with Gasteiger partial charge in [0.25, 0.3) is 0 Å². The third-order valence-electron chi connectivity index (χ3n) is 6.85. The fourth-order valence-electron chi connectivity index (χ4n) is 4.80. The van der Waals surface area contributed by atoms with Crippen LogP contribution in [0.5, 0.6) is 0 Å². The number of aryl methyl sites for hydroxylation is 2. The highest BCUT2D eigenvalue weighted by Gasteiger charge is 2.35. The fourth-order valence-corrected chi connectivity index (χ4v) is 4.80. The van der Waals surface area contributed by atoms with E-state index in [-0.39, 0.29) is 0 Å². The van der Waals surface area contributed by atoms with Crippen LogP contribution in [0.15, 0.2) is 59.7 Å². The summed E-state index contributed by atoms with van der Waals surface area (Å²) in [5, 5.41) is 0. The van der Waals surface area contributed by atoms with E-state index < -0.39 is 0 Å². The number of hydrogen-bond acceptors (Lipinski definition) is 0. The molecule has 0 aliphatic carbocycles. The molecule has 0 radical (unpaired) electrons. The van der Waals surface area contributed by atoms with Gasteiger partial charge in [0.1, 0.15) is 0 Å². The van der Waals surface area contributed by atoms with Crippen molar-refractivity contribution in [2.45, 2.75) is 98.3 Å². The van der Waals surface area contributed by atoms with Crippen molar-refractivity contribution in [2.75, 3.05) is 0 Å². The second-order valence-corrected chi connectivity index (χ2v) is 9.38. The van der Waals surface area contributed by atoms with Crippen LogP contribution in [-0.2, 0) is 12.8 Å². The number of hydrogen-bond donors (Lipinski definition) is 0. The number of nitrogens with zero attached hydrogens (tertiary/aromatic N) is 2. The molecule has 0 fully saturated rings. The Morgan fingerprint density at radius 2 is 1.00 bits per heavy atom. The van der Waals surface area contributed by atoms with Gasteiger partial charge in [0.05, 0.1) is 0 Å². The van der Waals surface area contributed by atoms with Crippen molar-refractivity contribution in [1.29, 1.82) is 0 Å². The van der Waals surface area contributed by atoms with Crippen LogP contribution in [0.1, 0.15) is 108 Å². The maximum Gasteiger partial charge on any atom is 0.211 e. The van der Waals surface area contributed by atoms with Crippen LogP contribution < -0.4 is 0 Å². The van der Waals surface area contributed by atoms with Gasteiger partial charge >= 0.3 is 0 Å². The van der Waals surface area contributed by atoms with Crippen molar-refractivity contribution >= 4 is 11.4 Å². The van der Waals surface area contributed by atoms with Crippen LogP contribution in [0, 0.1) is 0 Å². The van der Waals surface area contributed by atoms with Gasteiger partial charge in [-0.1, -0.05) is 77.6 Å². The van der Waals surface area contributed by atoms with Gasteiger partial charge in [-0.25, -0.2) is 4.70 Å². The lowest BCUT2D eigenvalue weighted by Gasteiger charge is -2.10. The van der Waals surface area contributed by atoms with E-state index in [1.807, 2.05) is 0 Å². The summed E-state index contributed by atoms with van der Waals surface area (Å²) < 4.78 is 1.51. The Hall–Kier alpha value is -2.48. The van der Waals surface area contributed by atoms with Crippen LogP contribution in [0.2, 0.25) is 0 Å². The lowest BCUT2D eigenvalue weighted by molar-refractivity contribution is -0.345. The summed E-state index contributed by atoms with van der Waals surface area (Å²) in [7, 11) is 0. The summed E-state index contributed by atoms with van der Waals surface area (Å²) in [5.41, 5.74) is 21.2. The molecule has 0 aromatic heterocycles. The summed E-state index contributed by atoms with van der Waals surface area (Å²) >= 11 is 0. The topological polar surface area (TPSA) is 25.3 Å². The van der Waals surface area contributed by atoms with Crippen LogP contribution in [-0.4, -0.2) is 4.70 Å². The molecule has 0 unspecified atom stereocenters. The number of rotatable bonds is 13. The molecule has 2 heteroatoms. The minimum atomic E-state index is 0.989. The van der Waals surface area contributed by atoms with Gasteiger partial charge in [-0.3, -0.25) is 0 Å². The van der Waals surface area contributed by atoms with E-state index in [9.17, 15) is 5.53 Å². The zero-order valence-corrected chi connectivity index (χ0v) is 21.3. The zero-order chi connectivity index (χ0) is 23.6. The van der Waals surface area contributed by atoms with Crippen molar-refractivity contribution in [2.24, 2.45) is 0 Å². The van der Waals surface area contributed by atoms with Gasteiger partial charge in [0.2, 0.25) is 11.4 Å². The van der Waals surface area contributed by atoms with Crippen molar-refractivity contribution in [3.05, 3.63) is 87.5 Å². The zero-order valence-electron chi connectivity index (χ0n) is 21.3. The molecule has 0 saturated carbocycles. The maximum atomic E-state index is 11.6.